The van der Waals surface area contributed by atoms with Crippen LogP contribution in [0.1, 0.15) is 91.9 Å². The average molecular weight is 1010 g/mol. The Kier molecular flexibility index (Phi) is 26.1. The zero-order valence-corrected chi connectivity index (χ0v) is 40.7. The second kappa shape index (κ2) is 29.9. The molecule has 25 nitrogen and oxygen atoms in total. The number of amides is 9. The molecular formula is C41H72N12O13S2. The lowest BCUT2D eigenvalue weighted by molar-refractivity contribution is -0.145. The van der Waals surface area contributed by atoms with Gasteiger partial charge in [0.05, 0.1) is 24.7 Å². The number of carbonyl (C=O) groups is 10. The molecule has 2 aliphatic heterocycles. The predicted octanol–water partition coefficient (Wildman–Crippen LogP) is -4.88. The Morgan fingerprint density at radius 1 is 0.647 bits per heavy atom. The van der Waals surface area contributed by atoms with Gasteiger partial charge >= 0.3 is 5.97 Å². The number of carbonyl (C=O) groups excluding carboxylic acids is 9. The molecule has 0 aliphatic carbocycles. The SMILES string of the molecule is CC(C)C[C@@H]1NC(=O)[C@H]([C@@H](C)O)NC(=O)[C@@H]2CCCN2C(=O)[C@H]([C@@H](C)O)NC(=O)[C@H](CC(N)=O)NC(=O)[C@H](CCCCN)NC(=O)[C@H](CCCCN)NC(=O)[C@@H](N)CSSC[C@@H](C(=O)O)NC1=O. The Bertz CT molecular complexity index is 1760. The van der Waals surface area contributed by atoms with E-state index in [0.717, 1.165) is 26.5 Å². The monoisotopic (exact) mass is 1000 g/mol. The van der Waals surface area contributed by atoms with Gasteiger partial charge in [0.1, 0.15) is 48.3 Å². The van der Waals surface area contributed by atoms with Crippen molar-refractivity contribution in [2.24, 2.45) is 28.9 Å². The van der Waals surface area contributed by atoms with E-state index >= 15 is 0 Å². The van der Waals surface area contributed by atoms with E-state index in [0.29, 0.717) is 25.7 Å². The van der Waals surface area contributed by atoms with Gasteiger partial charge in [-0.05, 0) is 90.6 Å². The van der Waals surface area contributed by atoms with Crippen molar-refractivity contribution in [3.05, 3.63) is 0 Å². The van der Waals surface area contributed by atoms with Crippen LogP contribution in [-0.4, -0.2) is 177 Å². The molecule has 386 valence electrons. The Balaban J connectivity index is 2.64. The number of aliphatic hydroxyl groups excluding tert-OH is 2. The molecule has 2 heterocycles. The fourth-order valence-electron chi connectivity index (χ4n) is 7.26. The third-order valence-electron chi connectivity index (χ3n) is 11.0. The number of carboxylic acid groups (broad SMARTS) is 1. The molecule has 0 unspecified atom stereocenters. The van der Waals surface area contributed by atoms with E-state index in [2.05, 4.69) is 37.2 Å². The van der Waals surface area contributed by atoms with Crippen molar-refractivity contribution in [1.29, 1.82) is 0 Å². The van der Waals surface area contributed by atoms with Crippen molar-refractivity contribution in [3.63, 3.8) is 0 Å². The van der Waals surface area contributed by atoms with Gasteiger partial charge in [-0.1, -0.05) is 35.4 Å². The first kappa shape index (κ1) is 59.3. The van der Waals surface area contributed by atoms with E-state index in [1.54, 1.807) is 13.8 Å². The van der Waals surface area contributed by atoms with Gasteiger partial charge in [0, 0.05) is 18.1 Å². The molecule has 0 saturated carbocycles. The van der Waals surface area contributed by atoms with Gasteiger partial charge < -0.3 is 80.4 Å². The normalized spacial score (nSPS) is 28.2. The lowest BCUT2D eigenvalue weighted by atomic mass is 10.0. The summed E-state index contributed by atoms with van der Waals surface area (Å²) in [5.74, 6) is -10.4. The van der Waals surface area contributed by atoms with Crippen LogP contribution in [0.2, 0.25) is 0 Å². The topological polar surface area (TPSA) is 423 Å². The van der Waals surface area contributed by atoms with Crippen molar-refractivity contribution in [2.75, 3.05) is 31.1 Å². The maximum atomic E-state index is 14.1. The number of primary amides is 1. The first-order chi connectivity index (χ1) is 32.0. The highest BCUT2D eigenvalue weighted by molar-refractivity contribution is 8.76. The van der Waals surface area contributed by atoms with Gasteiger partial charge in [-0.25, -0.2) is 4.79 Å². The second-order valence-corrected chi connectivity index (χ2v) is 19.9. The highest BCUT2D eigenvalue weighted by Crippen LogP contribution is 2.24. The Morgan fingerprint density at radius 2 is 1.13 bits per heavy atom. The van der Waals surface area contributed by atoms with Crippen molar-refractivity contribution >= 4 is 80.7 Å². The van der Waals surface area contributed by atoms with Crippen LogP contribution in [-0.2, 0) is 47.9 Å². The number of rotatable bonds is 15. The number of nitrogens with zero attached hydrogens (tertiary/aromatic N) is 1. The molecule has 0 aromatic heterocycles. The van der Waals surface area contributed by atoms with Gasteiger partial charge in [-0.15, -0.1) is 0 Å². The minimum absolute atomic E-state index is 0.0117. The molecule has 0 radical (unpaired) electrons. The average Bonchev–Trinajstić information content (AvgIpc) is 3.76. The molecule has 2 saturated heterocycles. The van der Waals surface area contributed by atoms with Crippen molar-refractivity contribution in [2.45, 2.75) is 158 Å². The van der Waals surface area contributed by atoms with Gasteiger partial charge in [-0.3, -0.25) is 43.2 Å². The minimum atomic E-state index is -1.76. The van der Waals surface area contributed by atoms with Crippen LogP contribution in [0.4, 0.5) is 0 Å². The highest BCUT2D eigenvalue weighted by atomic mass is 33.1. The quantitative estimate of drug-likeness (QED) is 0.0540. The minimum Gasteiger partial charge on any atom is -0.480 e. The van der Waals surface area contributed by atoms with Crippen molar-refractivity contribution in [3.8, 4) is 0 Å². The molecule has 0 aromatic rings. The summed E-state index contributed by atoms with van der Waals surface area (Å²) in [5.41, 5.74) is 23.0. The lowest BCUT2D eigenvalue weighted by Gasteiger charge is -2.32. The number of hydrogen-bond donors (Lipinski definition) is 14. The first-order valence-corrected chi connectivity index (χ1v) is 25.2. The van der Waals surface area contributed by atoms with Gasteiger partial charge in [0.15, 0.2) is 0 Å². The summed E-state index contributed by atoms with van der Waals surface area (Å²) in [6.07, 6.45) is -2.01. The van der Waals surface area contributed by atoms with E-state index in [-0.39, 0.29) is 69.2 Å². The Morgan fingerprint density at radius 3 is 1.65 bits per heavy atom. The molecule has 11 atom stereocenters. The number of nitrogens with one attached hydrogen (secondary N) is 7. The summed E-state index contributed by atoms with van der Waals surface area (Å²) in [6, 6.07) is -13.1. The zero-order valence-electron chi connectivity index (χ0n) is 39.0. The largest absolute Gasteiger partial charge is 0.480 e. The number of nitrogens with two attached hydrogens (primary N) is 4. The summed E-state index contributed by atoms with van der Waals surface area (Å²) >= 11 is 0. The van der Waals surface area contributed by atoms with Crippen molar-refractivity contribution < 1.29 is 63.3 Å². The summed E-state index contributed by atoms with van der Waals surface area (Å²) in [6.45, 7) is 6.31. The van der Waals surface area contributed by atoms with Crippen LogP contribution >= 0.6 is 21.6 Å². The summed E-state index contributed by atoms with van der Waals surface area (Å²) in [5, 5.41) is 48.8. The second-order valence-electron chi connectivity index (χ2n) is 17.3. The molecular weight excluding hydrogens is 933 g/mol. The highest BCUT2D eigenvalue weighted by Gasteiger charge is 2.42. The van der Waals surface area contributed by atoms with Crippen LogP contribution < -0.4 is 60.2 Å². The number of aliphatic hydroxyl groups is 2. The lowest BCUT2D eigenvalue weighted by Crippen LogP contribution is -2.62. The van der Waals surface area contributed by atoms with E-state index in [9.17, 15) is 63.3 Å². The van der Waals surface area contributed by atoms with Crippen LogP contribution in [0.15, 0.2) is 0 Å². The molecule has 2 rings (SSSR count). The van der Waals surface area contributed by atoms with Crippen molar-refractivity contribution in [1.82, 2.24) is 42.1 Å². The maximum Gasteiger partial charge on any atom is 0.327 e. The molecule has 9 amide bonds. The van der Waals surface area contributed by atoms with E-state index < -0.39 is 132 Å². The molecule has 27 heteroatoms. The standard InChI is InChI=1S/C41H72N12O13S2/c1-20(2)16-26-36(60)50-28(41(65)66)19-68-67-18-23(44)33(57)46-24(10-5-7-13-42)34(58)47-25(11-6-8-14-43)35(59)48-27(17-30(45)56)37(61)52-32(22(4)55)40(64)53-15-9-12-29(53)38(62)51-31(21(3)54)39(63)49-26/h20-29,31-32,54-55H,5-19,42-44H2,1-4H3,(H2,45,56)(H,46,57)(H,47,58)(H,48,59)(H,49,63)(H,50,60)(H,51,62)(H,52,61)(H,65,66)/t21-,22-,23+,24+,25+,26+,27+,28+,29+,31+,32+/m1/s1. The third-order valence-corrected chi connectivity index (χ3v) is 13.5. The number of hydrogen-bond acceptors (Lipinski definition) is 17. The molecule has 0 aromatic carbocycles. The summed E-state index contributed by atoms with van der Waals surface area (Å²) in [4.78, 5) is 136. The van der Waals surface area contributed by atoms with E-state index in [1.165, 1.54) is 13.8 Å². The van der Waals surface area contributed by atoms with Crippen LogP contribution in [0.5, 0.6) is 0 Å². The Labute approximate surface area is 403 Å². The molecule has 0 spiro atoms. The fraction of sp³-hybridized carbons (Fsp3) is 0.756. The van der Waals surface area contributed by atoms with Crippen LogP contribution in [0, 0.1) is 5.92 Å². The Hall–Kier alpha value is -4.80. The summed E-state index contributed by atoms with van der Waals surface area (Å²) in [7, 11) is 1.99. The third kappa shape index (κ3) is 19.7. The van der Waals surface area contributed by atoms with E-state index in [1.807, 2.05) is 0 Å². The number of aliphatic carboxylic acids is 1. The molecule has 0 bridgehead atoms. The van der Waals surface area contributed by atoms with E-state index in [4.69, 9.17) is 22.9 Å². The molecule has 2 aliphatic rings. The predicted molar refractivity (Wildman–Crippen MR) is 251 cm³/mol. The summed E-state index contributed by atoms with van der Waals surface area (Å²) < 4.78 is 0. The number of fused-ring (bicyclic) bond motifs is 1. The molecule has 68 heavy (non-hydrogen) atoms. The van der Waals surface area contributed by atoms with Gasteiger partial charge in [0.25, 0.3) is 0 Å². The molecule has 18 N–H and O–H groups in total. The van der Waals surface area contributed by atoms with Crippen LogP contribution in [0.25, 0.3) is 0 Å². The fourth-order valence-corrected chi connectivity index (χ4v) is 9.54. The van der Waals surface area contributed by atoms with Gasteiger partial charge in [0.2, 0.25) is 53.2 Å². The first-order valence-electron chi connectivity index (χ1n) is 22.7. The number of unbranched alkanes of at least 4 members (excludes halogenated alkanes) is 2. The smallest absolute Gasteiger partial charge is 0.327 e. The zero-order chi connectivity index (χ0) is 51.2. The molecule has 2 fully saturated rings. The van der Waals surface area contributed by atoms with Gasteiger partial charge in [-0.2, -0.15) is 0 Å². The number of carboxylic acids is 1. The van der Waals surface area contributed by atoms with Crippen LogP contribution in [0.3, 0.4) is 0 Å². The maximum absolute atomic E-state index is 14.1.